The van der Waals surface area contributed by atoms with E-state index in [4.69, 9.17) is 18.4 Å². The highest BCUT2D eigenvalue weighted by Crippen LogP contribution is 2.25. The summed E-state index contributed by atoms with van der Waals surface area (Å²) in [5.74, 6) is -2.48. The molecule has 0 rings (SSSR count). The third kappa shape index (κ3) is 8.38. The molecule has 0 amide bonds. The fourth-order valence-electron chi connectivity index (χ4n) is 2.60. The van der Waals surface area contributed by atoms with E-state index in [0.29, 0.717) is 12.5 Å². The van der Waals surface area contributed by atoms with Crippen LogP contribution in [-0.4, -0.2) is 58.3 Å². The van der Waals surface area contributed by atoms with Crippen molar-refractivity contribution in [2.45, 2.75) is 70.4 Å². The first-order valence-corrected chi connectivity index (χ1v) is 13.9. The van der Waals surface area contributed by atoms with E-state index in [1.54, 1.807) is 7.11 Å². The molecule has 0 aromatic rings. The Hall–Kier alpha value is -0.746. The van der Waals surface area contributed by atoms with Crippen molar-refractivity contribution >= 4 is 28.8 Å². The van der Waals surface area contributed by atoms with Crippen LogP contribution in [0, 0.1) is 0 Å². The Balaban J connectivity index is 4.59. The summed E-state index contributed by atoms with van der Waals surface area (Å²) in [4.78, 5) is 22.0. The van der Waals surface area contributed by atoms with Gasteiger partial charge in [0, 0.05) is 13.7 Å². The zero-order valence-electron chi connectivity index (χ0n) is 15.7. The van der Waals surface area contributed by atoms with Gasteiger partial charge < -0.3 is 23.5 Å². The van der Waals surface area contributed by atoms with Gasteiger partial charge in [0.15, 0.2) is 13.9 Å². The SMILES string of the molecule is CCC[Si](C)(C)O[Si](C)(CCCOC(C)(CC(=O)O)C(=O)O)OC. The molecule has 2 N–H and O–H groups in total. The molecule has 0 aromatic carbocycles. The molecule has 0 aliphatic carbocycles. The molecule has 0 aliphatic heterocycles. The van der Waals surface area contributed by atoms with Gasteiger partial charge in [-0.1, -0.05) is 13.3 Å². The summed E-state index contributed by atoms with van der Waals surface area (Å²) in [5.41, 5.74) is -1.71. The zero-order valence-corrected chi connectivity index (χ0v) is 17.7. The highest BCUT2D eigenvalue weighted by Gasteiger charge is 2.39. The minimum absolute atomic E-state index is 0.154. The number of rotatable bonds is 13. The maximum absolute atomic E-state index is 11.2. The molecule has 7 nitrogen and oxygen atoms in total. The lowest BCUT2D eigenvalue weighted by Gasteiger charge is -2.35. The molecule has 0 aromatic heterocycles. The summed E-state index contributed by atoms with van der Waals surface area (Å²) in [7, 11) is -2.46. The summed E-state index contributed by atoms with van der Waals surface area (Å²) in [6.45, 7) is 9.92. The second kappa shape index (κ2) is 9.66. The van der Waals surface area contributed by atoms with Crippen LogP contribution in [0.2, 0.25) is 31.7 Å². The molecule has 24 heavy (non-hydrogen) atoms. The highest BCUT2D eigenvalue weighted by atomic mass is 28.4. The van der Waals surface area contributed by atoms with Crippen LogP contribution in [0.1, 0.15) is 33.1 Å². The Morgan fingerprint density at radius 2 is 1.71 bits per heavy atom. The van der Waals surface area contributed by atoms with Gasteiger partial charge in [0.05, 0.1) is 6.42 Å². The molecule has 0 fully saturated rings. The van der Waals surface area contributed by atoms with Crippen LogP contribution >= 0.6 is 0 Å². The minimum Gasteiger partial charge on any atom is -0.481 e. The third-order valence-electron chi connectivity index (χ3n) is 3.91. The molecular formula is C15H32O7Si2. The monoisotopic (exact) mass is 380 g/mol. The van der Waals surface area contributed by atoms with E-state index < -0.39 is 40.8 Å². The lowest BCUT2D eigenvalue weighted by molar-refractivity contribution is -0.170. The second-order valence-corrected chi connectivity index (χ2v) is 15.0. The van der Waals surface area contributed by atoms with Gasteiger partial charge in [0.25, 0.3) is 0 Å². The number of hydrogen-bond acceptors (Lipinski definition) is 5. The summed E-state index contributed by atoms with van der Waals surface area (Å²) < 4.78 is 17.4. The maximum atomic E-state index is 11.2. The largest absolute Gasteiger partial charge is 0.481 e. The quantitative estimate of drug-likeness (QED) is 0.374. The van der Waals surface area contributed by atoms with E-state index in [0.717, 1.165) is 12.5 Å². The summed E-state index contributed by atoms with van der Waals surface area (Å²) in [6.07, 6.45) is 1.06. The van der Waals surface area contributed by atoms with Gasteiger partial charge >= 0.3 is 20.5 Å². The van der Waals surface area contributed by atoms with Gasteiger partial charge in [0.2, 0.25) is 0 Å². The van der Waals surface area contributed by atoms with Gasteiger partial charge in [-0.05, 0) is 45.1 Å². The van der Waals surface area contributed by atoms with Gasteiger partial charge in [-0.3, -0.25) is 4.79 Å². The molecule has 0 aliphatic rings. The van der Waals surface area contributed by atoms with Gasteiger partial charge in [0.1, 0.15) is 0 Å². The van der Waals surface area contributed by atoms with Crippen LogP contribution in [0.25, 0.3) is 0 Å². The number of aliphatic carboxylic acids is 2. The Labute approximate surface area is 146 Å². The lowest BCUT2D eigenvalue weighted by Crippen LogP contribution is -2.48. The van der Waals surface area contributed by atoms with Crippen LogP contribution in [0.3, 0.4) is 0 Å². The maximum Gasteiger partial charge on any atom is 0.336 e. The summed E-state index contributed by atoms with van der Waals surface area (Å²) in [6, 6.07) is 1.73. The van der Waals surface area contributed by atoms with Crippen molar-refractivity contribution in [1.29, 1.82) is 0 Å². The van der Waals surface area contributed by atoms with E-state index in [1.807, 2.05) is 6.55 Å². The molecule has 0 radical (unpaired) electrons. The Bertz CT molecular complexity index is 430. The van der Waals surface area contributed by atoms with Crippen molar-refractivity contribution in [3.63, 3.8) is 0 Å². The number of carbonyl (C=O) groups is 2. The molecule has 142 valence electrons. The predicted octanol–water partition coefficient (Wildman–Crippen LogP) is 3.06. The number of ether oxygens (including phenoxy) is 1. The molecule has 0 heterocycles. The lowest BCUT2D eigenvalue weighted by atomic mass is 10.0. The van der Waals surface area contributed by atoms with Crippen molar-refractivity contribution in [1.82, 2.24) is 0 Å². The second-order valence-electron chi connectivity index (χ2n) is 7.01. The standard InChI is InChI=1S/C15H32O7Si2/c1-7-10-23(4,5)22-24(6,20-3)11-8-9-21-15(2,14(18)19)12-13(16)17/h7-12H2,1-6H3,(H,16,17)(H,18,19). The molecule has 0 saturated heterocycles. The van der Waals surface area contributed by atoms with Crippen LogP contribution in [0.15, 0.2) is 0 Å². The van der Waals surface area contributed by atoms with Crippen LogP contribution < -0.4 is 0 Å². The van der Waals surface area contributed by atoms with E-state index in [1.165, 1.54) is 6.92 Å². The van der Waals surface area contributed by atoms with Crippen molar-refractivity contribution in [3.05, 3.63) is 0 Å². The molecular weight excluding hydrogens is 348 g/mol. The minimum atomic E-state index is -2.33. The van der Waals surface area contributed by atoms with Crippen molar-refractivity contribution in [2.75, 3.05) is 13.7 Å². The highest BCUT2D eigenvalue weighted by molar-refractivity contribution is 6.82. The van der Waals surface area contributed by atoms with E-state index in [2.05, 4.69) is 20.0 Å². The van der Waals surface area contributed by atoms with Crippen molar-refractivity contribution < 1.29 is 33.1 Å². The van der Waals surface area contributed by atoms with Crippen LogP contribution in [0.4, 0.5) is 0 Å². The van der Waals surface area contributed by atoms with E-state index in [-0.39, 0.29) is 6.61 Å². The number of hydrogen-bond donors (Lipinski definition) is 2. The molecule has 9 heteroatoms. The summed E-state index contributed by atoms with van der Waals surface area (Å²) >= 11 is 0. The molecule has 2 unspecified atom stereocenters. The third-order valence-corrected chi connectivity index (χ3v) is 11.7. The molecule has 0 spiro atoms. The first kappa shape index (κ1) is 23.3. The average molecular weight is 381 g/mol. The molecule has 2 atom stereocenters. The predicted molar refractivity (Wildman–Crippen MR) is 96.0 cm³/mol. The summed E-state index contributed by atoms with van der Waals surface area (Å²) in [5, 5.41) is 18.0. The fraction of sp³-hybridized carbons (Fsp3) is 0.867. The number of carboxylic acid groups (broad SMARTS) is 2. The van der Waals surface area contributed by atoms with Crippen molar-refractivity contribution in [3.8, 4) is 0 Å². The Kier molecular flexibility index (Phi) is 9.36. The van der Waals surface area contributed by atoms with Crippen LogP contribution in [-0.2, 0) is 22.9 Å². The van der Waals surface area contributed by atoms with Crippen molar-refractivity contribution in [2.24, 2.45) is 0 Å². The average Bonchev–Trinajstić information content (AvgIpc) is 2.42. The van der Waals surface area contributed by atoms with Crippen LogP contribution in [0.5, 0.6) is 0 Å². The fourth-order valence-corrected chi connectivity index (χ4v) is 10.6. The smallest absolute Gasteiger partial charge is 0.336 e. The molecule has 0 saturated carbocycles. The molecule has 0 bridgehead atoms. The van der Waals surface area contributed by atoms with E-state index in [9.17, 15) is 14.7 Å². The van der Waals surface area contributed by atoms with Gasteiger partial charge in [-0.15, -0.1) is 0 Å². The topological polar surface area (TPSA) is 102 Å². The van der Waals surface area contributed by atoms with E-state index >= 15 is 0 Å². The Morgan fingerprint density at radius 3 is 2.12 bits per heavy atom. The Morgan fingerprint density at radius 1 is 1.12 bits per heavy atom. The number of carboxylic acids is 2. The zero-order chi connectivity index (χ0) is 19.0. The van der Waals surface area contributed by atoms with Gasteiger partial charge in [-0.2, -0.15) is 0 Å². The first-order valence-electron chi connectivity index (χ1n) is 8.24. The first-order chi connectivity index (χ1) is 10.9. The normalized spacial score (nSPS) is 17.1. The van der Waals surface area contributed by atoms with Gasteiger partial charge in [-0.25, -0.2) is 4.79 Å².